The zero-order valence-electron chi connectivity index (χ0n) is 20.1. The van der Waals surface area contributed by atoms with Crippen molar-refractivity contribution in [2.75, 3.05) is 0 Å². The van der Waals surface area contributed by atoms with Gasteiger partial charge in [-0.3, -0.25) is 0 Å². The molecule has 0 aliphatic rings. The normalized spacial score (nSPS) is 10.7. The van der Waals surface area contributed by atoms with Gasteiger partial charge in [0.25, 0.3) is 0 Å². The molecular formula is C32H34O2. The average Bonchev–Trinajstić information content (AvgIpc) is 2.87. The zero-order chi connectivity index (χ0) is 24.2. The number of benzene rings is 4. The molecule has 0 bridgehead atoms. The number of rotatable bonds is 7. The molecule has 4 rings (SSSR count). The highest BCUT2D eigenvalue weighted by atomic mass is 16.3. The molecule has 0 radical (unpaired) electrons. The molecule has 174 valence electrons. The van der Waals surface area contributed by atoms with E-state index in [0.29, 0.717) is 0 Å². The van der Waals surface area contributed by atoms with Crippen LogP contribution < -0.4 is 0 Å². The molecule has 0 amide bonds. The first-order chi connectivity index (χ1) is 16.6. The Morgan fingerprint density at radius 1 is 0.500 bits per heavy atom. The van der Waals surface area contributed by atoms with Crippen LogP contribution in [0.1, 0.15) is 44.5 Å². The Hall–Kier alpha value is -3.46. The van der Waals surface area contributed by atoms with Crippen LogP contribution in [-0.4, -0.2) is 10.2 Å². The summed E-state index contributed by atoms with van der Waals surface area (Å²) < 4.78 is 0. The fourth-order valence-corrected chi connectivity index (χ4v) is 3.67. The lowest BCUT2D eigenvalue weighted by Gasteiger charge is -2.04. The number of hydrogen-bond donors (Lipinski definition) is 2. The summed E-state index contributed by atoms with van der Waals surface area (Å²) in [6.07, 6.45) is 6.30. The third-order valence-corrected chi connectivity index (χ3v) is 5.66. The van der Waals surface area contributed by atoms with E-state index in [-0.39, 0.29) is 13.2 Å². The Morgan fingerprint density at radius 3 is 1.59 bits per heavy atom. The number of aliphatic hydroxyl groups is 2. The Labute approximate surface area is 203 Å². The Kier molecular flexibility index (Phi) is 9.84. The second-order valence-electron chi connectivity index (χ2n) is 8.61. The monoisotopic (exact) mass is 450 g/mol. The van der Waals surface area contributed by atoms with Crippen molar-refractivity contribution in [3.05, 3.63) is 142 Å². The van der Waals surface area contributed by atoms with Gasteiger partial charge in [0, 0.05) is 0 Å². The van der Waals surface area contributed by atoms with Crippen molar-refractivity contribution in [2.45, 2.75) is 39.9 Å². The van der Waals surface area contributed by atoms with E-state index in [4.69, 9.17) is 10.2 Å². The van der Waals surface area contributed by atoms with Gasteiger partial charge in [0.1, 0.15) is 0 Å². The van der Waals surface area contributed by atoms with Gasteiger partial charge in [-0.2, -0.15) is 0 Å². The van der Waals surface area contributed by atoms with Crippen molar-refractivity contribution in [1.29, 1.82) is 0 Å². The maximum atomic E-state index is 8.97. The van der Waals surface area contributed by atoms with Gasteiger partial charge in [-0.1, -0.05) is 120 Å². The minimum Gasteiger partial charge on any atom is -0.392 e. The van der Waals surface area contributed by atoms with Crippen molar-refractivity contribution in [3.8, 4) is 0 Å². The predicted molar refractivity (Wildman–Crippen MR) is 143 cm³/mol. The lowest BCUT2D eigenvalue weighted by molar-refractivity contribution is 0.281. The van der Waals surface area contributed by atoms with Crippen LogP contribution in [0, 0.1) is 13.8 Å². The molecule has 0 unspecified atom stereocenters. The fourth-order valence-electron chi connectivity index (χ4n) is 3.67. The molecule has 0 heterocycles. The summed E-state index contributed by atoms with van der Waals surface area (Å²) in [6.45, 7) is 4.44. The van der Waals surface area contributed by atoms with Crippen LogP contribution in [0.5, 0.6) is 0 Å². The van der Waals surface area contributed by atoms with Crippen molar-refractivity contribution >= 4 is 12.2 Å². The van der Waals surface area contributed by atoms with Crippen molar-refractivity contribution in [2.24, 2.45) is 0 Å². The molecule has 0 aliphatic carbocycles. The van der Waals surface area contributed by atoms with Crippen molar-refractivity contribution < 1.29 is 10.2 Å². The number of aryl methyl sites for hydroxylation is 4. The second-order valence-corrected chi connectivity index (χ2v) is 8.61. The molecule has 2 N–H and O–H groups in total. The number of hydrogen-bond acceptors (Lipinski definition) is 2. The highest BCUT2D eigenvalue weighted by Crippen LogP contribution is 2.12. The smallest absolute Gasteiger partial charge is 0.0681 e. The van der Waals surface area contributed by atoms with E-state index in [1.807, 2.05) is 36.4 Å². The summed E-state index contributed by atoms with van der Waals surface area (Å²) in [7, 11) is 0. The van der Waals surface area contributed by atoms with Crippen molar-refractivity contribution in [3.63, 3.8) is 0 Å². The van der Waals surface area contributed by atoms with E-state index < -0.39 is 0 Å². The fraction of sp³-hybridized carbons (Fsp3) is 0.188. The van der Waals surface area contributed by atoms with Crippen molar-refractivity contribution in [1.82, 2.24) is 0 Å². The summed E-state index contributed by atoms with van der Waals surface area (Å²) in [4.78, 5) is 0. The van der Waals surface area contributed by atoms with Gasteiger partial charge in [-0.05, 0) is 60.1 Å². The SMILES string of the molecule is Cc1cccc(/C=C/c2ccc(CO)cc2)c1.Cc1cccc(CCc2ccc(CO)cc2)c1. The summed E-state index contributed by atoms with van der Waals surface area (Å²) in [5.74, 6) is 0. The molecule has 4 aromatic rings. The second kappa shape index (κ2) is 13.3. The van der Waals surface area contributed by atoms with Crippen LogP contribution in [0.4, 0.5) is 0 Å². The standard InChI is InChI=1S/C16H18O.C16H16O/c2*1-13-3-2-4-15(11-13)8-5-14-6-9-16(12-17)10-7-14/h2-4,6-7,9-11,17H,5,8,12H2,1H3;2-11,17H,12H2,1H3/b;8-5+. The predicted octanol–water partition coefficient (Wildman–Crippen LogP) is 6.93. The van der Waals surface area contributed by atoms with Gasteiger partial charge in [0.2, 0.25) is 0 Å². The average molecular weight is 451 g/mol. The highest BCUT2D eigenvalue weighted by molar-refractivity contribution is 5.69. The van der Waals surface area contributed by atoms with Crippen LogP contribution in [0.25, 0.3) is 12.2 Å². The molecule has 0 aromatic heterocycles. The van der Waals surface area contributed by atoms with Crippen LogP contribution in [0.3, 0.4) is 0 Å². The molecule has 0 saturated carbocycles. The summed E-state index contributed by atoms with van der Waals surface area (Å²) in [5.41, 5.74) is 9.56. The van der Waals surface area contributed by atoms with Gasteiger partial charge in [0.15, 0.2) is 0 Å². The molecule has 0 saturated heterocycles. The van der Waals surface area contributed by atoms with Gasteiger partial charge >= 0.3 is 0 Å². The molecule has 34 heavy (non-hydrogen) atoms. The highest BCUT2D eigenvalue weighted by Gasteiger charge is 1.97. The Bertz CT molecular complexity index is 1170. The van der Waals surface area contributed by atoms with Gasteiger partial charge in [0.05, 0.1) is 13.2 Å². The van der Waals surface area contributed by atoms with Crippen LogP contribution in [0.15, 0.2) is 97.1 Å². The first-order valence-electron chi connectivity index (χ1n) is 11.7. The van der Waals surface area contributed by atoms with E-state index in [2.05, 4.69) is 86.7 Å². The van der Waals surface area contributed by atoms with E-state index in [1.165, 1.54) is 27.8 Å². The van der Waals surface area contributed by atoms with E-state index in [0.717, 1.165) is 29.5 Å². The van der Waals surface area contributed by atoms with Gasteiger partial charge < -0.3 is 10.2 Å². The minimum atomic E-state index is 0.0991. The van der Waals surface area contributed by atoms with Gasteiger partial charge in [-0.25, -0.2) is 0 Å². The quantitative estimate of drug-likeness (QED) is 0.300. The topological polar surface area (TPSA) is 40.5 Å². The van der Waals surface area contributed by atoms with Crippen LogP contribution >= 0.6 is 0 Å². The third kappa shape index (κ3) is 8.47. The maximum Gasteiger partial charge on any atom is 0.0681 e. The van der Waals surface area contributed by atoms with Crippen LogP contribution in [-0.2, 0) is 26.1 Å². The number of aliphatic hydroxyl groups excluding tert-OH is 2. The Balaban J connectivity index is 0.000000191. The Morgan fingerprint density at radius 2 is 1.00 bits per heavy atom. The molecule has 2 heteroatoms. The molecule has 0 spiro atoms. The summed E-state index contributed by atoms with van der Waals surface area (Å²) >= 11 is 0. The van der Waals surface area contributed by atoms with Crippen LogP contribution in [0.2, 0.25) is 0 Å². The van der Waals surface area contributed by atoms with E-state index in [9.17, 15) is 0 Å². The lowest BCUT2D eigenvalue weighted by atomic mass is 10.0. The van der Waals surface area contributed by atoms with E-state index >= 15 is 0 Å². The summed E-state index contributed by atoms with van der Waals surface area (Å²) in [5, 5.41) is 17.9. The molecular weight excluding hydrogens is 416 g/mol. The lowest BCUT2D eigenvalue weighted by Crippen LogP contribution is -1.92. The zero-order valence-corrected chi connectivity index (χ0v) is 20.1. The largest absolute Gasteiger partial charge is 0.392 e. The first kappa shape index (κ1) is 25.2. The van der Waals surface area contributed by atoms with E-state index in [1.54, 1.807) is 0 Å². The molecule has 2 nitrogen and oxygen atoms in total. The summed E-state index contributed by atoms with van der Waals surface area (Å²) in [6, 6.07) is 33.1. The third-order valence-electron chi connectivity index (χ3n) is 5.66. The maximum absolute atomic E-state index is 8.97. The minimum absolute atomic E-state index is 0.0991. The molecule has 4 aromatic carbocycles. The van der Waals surface area contributed by atoms with Gasteiger partial charge in [-0.15, -0.1) is 0 Å². The first-order valence-corrected chi connectivity index (χ1v) is 11.7. The molecule has 0 fully saturated rings. The molecule has 0 atom stereocenters. The molecule has 0 aliphatic heterocycles.